The van der Waals surface area contributed by atoms with E-state index in [0.717, 1.165) is 48.7 Å². The molecule has 0 amide bonds. The van der Waals surface area contributed by atoms with Gasteiger partial charge in [0.05, 0.1) is 0 Å². The van der Waals surface area contributed by atoms with Crippen molar-refractivity contribution in [3.63, 3.8) is 0 Å². The second-order valence-electron chi connectivity index (χ2n) is 14.4. The molecule has 41 heavy (non-hydrogen) atoms. The molecule has 0 fully saturated rings. The second kappa shape index (κ2) is 17.9. The fourth-order valence-electron chi connectivity index (χ4n) is 4.86. The average Bonchev–Trinajstić information content (AvgIpc) is 2.75. The third-order valence-corrected chi connectivity index (χ3v) is 36.2. The van der Waals surface area contributed by atoms with E-state index in [1.165, 1.54) is 0 Å². The molecule has 0 spiro atoms. The molecular formula is C25H64O7Si9. The van der Waals surface area contributed by atoms with Crippen molar-refractivity contribution >= 4 is 78.5 Å². The van der Waals surface area contributed by atoms with Crippen LogP contribution in [0.25, 0.3) is 0 Å². The summed E-state index contributed by atoms with van der Waals surface area (Å²) in [5.41, 5.74) is 2.00. The van der Waals surface area contributed by atoms with Gasteiger partial charge in [-0.15, -0.1) is 6.58 Å². The topological polar surface area (TPSA) is 64.6 Å². The normalized spacial score (nSPS) is 14.5. The second-order valence-corrected chi connectivity index (χ2v) is 45.2. The monoisotopic (exact) mass is 728 g/mol. The van der Waals surface area contributed by atoms with Crippen LogP contribution in [-0.4, -0.2) is 92.7 Å². The molecule has 16 heteroatoms. The molecular weight excluding hydrogens is 665 g/mol. The minimum atomic E-state index is -2.94. The van der Waals surface area contributed by atoms with Crippen molar-refractivity contribution < 1.29 is 29.4 Å². The van der Waals surface area contributed by atoms with Crippen LogP contribution in [0.3, 0.4) is 0 Å². The van der Waals surface area contributed by atoms with Crippen molar-refractivity contribution in [1.82, 2.24) is 0 Å². The minimum Gasteiger partial charge on any atom is -0.437 e. The van der Waals surface area contributed by atoms with E-state index >= 15 is 0 Å². The Balaban J connectivity index is 5.99. The predicted molar refractivity (Wildman–Crippen MR) is 196 cm³/mol. The molecule has 0 heterocycles. The molecule has 0 aliphatic carbocycles. The molecule has 7 nitrogen and oxygen atoms in total. The van der Waals surface area contributed by atoms with Crippen LogP contribution in [0, 0.1) is 0 Å². The Labute approximate surface area is 267 Å². The van der Waals surface area contributed by atoms with E-state index in [2.05, 4.69) is 92.1 Å². The summed E-state index contributed by atoms with van der Waals surface area (Å²) in [5, 5.41) is 0. The Morgan fingerprint density at radius 1 is 0.537 bits per heavy atom. The summed E-state index contributed by atoms with van der Waals surface area (Å²) in [5.74, 6) is 0. The maximum absolute atomic E-state index is 7.36. The van der Waals surface area contributed by atoms with E-state index in [1.54, 1.807) is 14.2 Å². The van der Waals surface area contributed by atoms with Gasteiger partial charge in [-0.3, -0.25) is 0 Å². The maximum atomic E-state index is 7.36. The highest BCUT2D eigenvalue weighted by molar-refractivity contribution is 6.92. The van der Waals surface area contributed by atoms with Crippen molar-refractivity contribution in [2.24, 2.45) is 0 Å². The van der Waals surface area contributed by atoms with Crippen molar-refractivity contribution in [2.45, 2.75) is 134 Å². The van der Waals surface area contributed by atoms with Crippen molar-refractivity contribution in [1.29, 1.82) is 0 Å². The van der Waals surface area contributed by atoms with Crippen LogP contribution in [-0.2, 0) is 29.4 Å². The summed E-state index contributed by atoms with van der Waals surface area (Å²) in [6, 6.07) is 7.13. The van der Waals surface area contributed by atoms with Crippen LogP contribution in [0.15, 0.2) is 12.3 Å². The van der Waals surface area contributed by atoms with Gasteiger partial charge in [0.25, 0.3) is 0 Å². The van der Waals surface area contributed by atoms with Crippen LogP contribution in [0.1, 0.15) is 13.3 Å². The summed E-state index contributed by atoms with van der Waals surface area (Å²) in [4.78, 5) is 0. The van der Waals surface area contributed by atoms with Crippen LogP contribution in [0.4, 0.5) is 0 Å². The summed E-state index contributed by atoms with van der Waals surface area (Å²) in [7, 11) is -10.8. The highest BCUT2D eigenvalue weighted by Gasteiger charge is 2.52. The first-order chi connectivity index (χ1) is 18.5. The first kappa shape index (κ1) is 42.4. The lowest BCUT2D eigenvalue weighted by Gasteiger charge is -2.45. The zero-order chi connectivity index (χ0) is 32.2. The number of hydrogen-bond donors (Lipinski definition) is 0. The van der Waals surface area contributed by atoms with Gasteiger partial charge in [0, 0.05) is 20.3 Å². The minimum absolute atomic E-state index is 0.513. The van der Waals surface area contributed by atoms with Crippen molar-refractivity contribution in [2.75, 3.05) is 14.2 Å². The van der Waals surface area contributed by atoms with Gasteiger partial charge in [0.2, 0.25) is 19.5 Å². The maximum Gasteiger partial charge on any atom is 0.469 e. The SMILES string of the molecule is C=C[Si](C)(C)O[Si](C)(C)O[Si](C)(C)CC[Si](C)(C)O[Si](CCC)(O[Si](C)(C)CC[Si]OC)O[Si](C)(C)CC[Si]OC. The van der Waals surface area contributed by atoms with Crippen LogP contribution >= 0.6 is 0 Å². The molecule has 0 aliphatic heterocycles. The molecule has 0 unspecified atom stereocenters. The van der Waals surface area contributed by atoms with Crippen LogP contribution < -0.4 is 0 Å². The average molecular weight is 730 g/mol. The molecule has 0 aromatic rings. The van der Waals surface area contributed by atoms with Gasteiger partial charge in [-0.1, -0.05) is 19.0 Å². The first-order valence-electron chi connectivity index (χ1n) is 15.1. The lowest BCUT2D eigenvalue weighted by Crippen LogP contribution is -2.62. The van der Waals surface area contributed by atoms with E-state index in [-0.39, 0.29) is 0 Å². The Bertz CT molecular complexity index is 742. The molecule has 0 aliphatic rings. The Hall–Kier alpha value is 1.41. The van der Waals surface area contributed by atoms with E-state index < -0.39 is 59.0 Å². The molecule has 0 atom stereocenters. The summed E-state index contributed by atoms with van der Waals surface area (Å²) >= 11 is 0. The highest BCUT2D eigenvalue weighted by Crippen LogP contribution is 2.35. The molecule has 4 radical (unpaired) electrons. The quantitative estimate of drug-likeness (QED) is 0.0733. The lowest BCUT2D eigenvalue weighted by atomic mass is 10.6. The van der Waals surface area contributed by atoms with Gasteiger partial charge in [-0.2, -0.15) is 0 Å². The molecule has 0 saturated carbocycles. The molecule has 0 saturated heterocycles. The van der Waals surface area contributed by atoms with Gasteiger partial charge in [-0.05, 0) is 115 Å². The van der Waals surface area contributed by atoms with Gasteiger partial charge in [-0.25, -0.2) is 0 Å². The van der Waals surface area contributed by atoms with Crippen molar-refractivity contribution in [3.8, 4) is 0 Å². The van der Waals surface area contributed by atoms with E-state index in [4.69, 9.17) is 29.4 Å². The first-order valence-corrected chi connectivity index (χ1v) is 37.6. The van der Waals surface area contributed by atoms with Gasteiger partial charge in [0.1, 0.15) is 0 Å². The summed E-state index contributed by atoms with van der Waals surface area (Å²) in [6.07, 6.45) is 0.995. The molecule has 0 N–H and O–H groups in total. The summed E-state index contributed by atoms with van der Waals surface area (Å²) in [6.45, 7) is 33.7. The van der Waals surface area contributed by atoms with Gasteiger partial charge < -0.3 is 29.4 Å². The van der Waals surface area contributed by atoms with E-state index in [0.29, 0.717) is 19.5 Å². The summed E-state index contributed by atoms with van der Waals surface area (Å²) < 4.78 is 46.1. The van der Waals surface area contributed by atoms with E-state index in [1.807, 2.05) is 5.70 Å². The number of hydrogen-bond acceptors (Lipinski definition) is 7. The zero-order valence-electron chi connectivity index (χ0n) is 29.3. The molecule has 0 bridgehead atoms. The van der Waals surface area contributed by atoms with Crippen LogP contribution in [0.2, 0.25) is 121 Å². The van der Waals surface area contributed by atoms with Gasteiger partial charge in [0.15, 0.2) is 41.6 Å². The van der Waals surface area contributed by atoms with Gasteiger partial charge >= 0.3 is 17.4 Å². The Morgan fingerprint density at radius 2 is 0.902 bits per heavy atom. The smallest absolute Gasteiger partial charge is 0.437 e. The highest BCUT2D eigenvalue weighted by atomic mass is 28.5. The van der Waals surface area contributed by atoms with E-state index in [9.17, 15) is 0 Å². The Kier molecular flexibility index (Phi) is 18.5. The van der Waals surface area contributed by atoms with Crippen LogP contribution in [0.5, 0.6) is 0 Å². The third kappa shape index (κ3) is 19.5. The fourth-order valence-corrected chi connectivity index (χ4v) is 42.2. The Morgan fingerprint density at radius 3 is 1.24 bits per heavy atom. The molecule has 0 aromatic carbocycles. The van der Waals surface area contributed by atoms with Crippen molar-refractivity contribution in [3.05, 3.63) is 12.3 Å². The predicted octanol–water partition coefficient (Wildman–Crippen LogP) is 8.24. The molecule has 242 valence electrons. The zero-order valence-corrected chi connectivity index (χ0v) is 38.3. The molecule has 0 rings (SSSR count). The number of rotatable bonds is 24. The standard InChI is InChI=1S/C25H64O7Si9/c1-17-21-41(30-36(7,8)22-19-33-26-3,31-37(9,10)23-20-34-27-4)32-39(13,14)25-24-38(11,12)29-40(15,16)28-35(5,6)18-2/h18H,2,17,19-25H2,1,3-16H3. The lowest BCUT2D eigenvalue weighted by molar-refractivity contribution is 0.247. The molecule has 0 aromatic heterocycles. The third-order valence-electron chi connectivity index (χ3n) is 6.65. The fraction of sp³-hybridized carbons (Fsp3) is 0.920. The largest absolute Gasteiger partial charge is 0.469 e.